The highest BCUT2D eigenvalue weighted by Gasteiger charge is 2.41. The zero-order valence-electron chi connectivity index (χ0n) is 22.4. The Morgan fingerprint density at radius 2 is 1.38 bits per heavy atom. The molecule has 0 amide bonds. The monoisotopic (exact) mass is 503 g/mol. The van der Waals surface area contributed by atoms with Gasteiger partial charge in [0.05, 0.1) is 12.3 Å². The Balaban J connectivity index is 2.32. The van der Waals surface area contributed by atoms with Crippen LogP contribution >= 0.6 is 0 Å². The largest absolute Gasteiger partial charge is 0.509 e. The van der Waals surface area contributed by atoms with E-state index in [0.29, 0.717) is 19.3 Å². The van der Waals surface area contributed by atoms with Crippen molar-refractivity contribution >= 4 is 22.0 Å². The van der Waals surface area contributed by atoms with Gasteiger partial charge in [-0.05, 0) is 60.3 Å². The first-order chi connectivity index (χ1) is 15.8. The maximum Gasteiger partial charge on any atom is 0.509 e. The second-order valence-electron chi connectivity index (χ2n) is 11.0. The minimum Gasteiger partial charge on any atom is -0.429 e. The van der Waals surface area contributed by atoms with E-state index < -0.39 is 33.9 Å². The third-order valence-corrected chi connectivity index (χ3v) is 7.82. The van der Waals surface area contributed by atoms with Gasteiger partial charge in [0, 0.05) is 12.5 Å². The zero-order valence-corrected chi connectivity index (χ0v) is 23.3. The van der Waals surface area contributed by atoms with E-state index in [2.05, 4.69) is 0 Å². The molecule has 1 aliphatic rings. The van der Waals surface area contributed by atoms with Crippen LogP contribution in [0.5, 0.6) is 0 Å². The number of sulfonamides is 1. The van der Waals surface area contributed by atoms with Gasteiger partial charge in [-0.1, -0.05) is 57.8 Å². The summed E-state index contributed by atoms with van der Waals surface area (Å²) in [6.07, 6.45) is 14.5. The van der Waals surface area contributed by atoms with Crippen molar-refractivity contribution in [1.29, 1.82) is 0 Å². The van der Waals surface area contributed by atoms with Gasteiger partial charge in [-0.25, -0.2) is 13.2 Å². The number of carbonyl (C=O) groups is 2. The summed E-state index contributed by atoms with van der Waals surface area (Å²) >= 11 is 0. The van der Waals surface area contributed by atoms with Gasteiger partial charge in [-0.15, -0.1) is 0 Å². The number of ketones is 1. The Hall–Kier alpha value is -1.15. The molecule has 3 unspecified atom stereocenters. The molecule has 1 fully saturated rings. The lowest BCUT2D eigenvalue weighted by Gasteiger charge is -2.42. The van der Waals surface area contributed by atoms with Gasteiger partial charge in [0.1, 0.15) is 17.5 Å². The van der Waals surface area contributed by atoms with Crippen molar-refractivity contribution in [3.05, 3.63) is 0 Å². The van der Waals surface area contributed by atoms with Crippen LogP contribution in [-0.2, 0) is 24.3 Å². The van der Waals surface area contributed by atoms with Gasteiger partial charge >= 0.3 is 6.16 Å². The van der Waals surface area contributed by atoms with E-state index in [0.717, 1.165) is 32.1 Å². The third kappa shape index (κ3) is 13.1. The van der Waals surface area contributed by atoms with E-state index in [9.17, 15) is 18.0 Å². The summed E-state index contributed by atoms with van der Waals surface area (Å²) in [4.78, 5) is 23.0. The lowest BCUT2D eigenvalue weighted by molar-refractivity contribution is -0.117. The second kappa shape index (κ2) is 15.1. The molecule has 1 rings (SSSR count). The van der Waals surface area contributed by atoms with Crippen LogP contribution < -0.4 is 0 Å². The number of carbonyl (C=O) groups excluding carboxylic acids is 2. The fraction of sp³-hybridized carbons (Fsp3) is 0.923. The minimum atomic E-state index is -3.41. The Bertz CT molecular complexity index is 715. The first kappa shape index (κ1) is 30.9. The molecule has 0 radical (unpaired) electrons. The summed E-state index contributed by atoms with van der Waals surface area (Å²) in [6, 6.07) is -0.449. The van der Waals surface area contributed by atoms with Crippen molar-refractivity contribution in [2.45, 2.75) is 148 Å². The maximum absolute atomic E-state index is 12.5. The van der Waals surface area contributed by atoms with E-state index in [1.165, 1.54) is 44.8 Å². The summed E-state index contributed by atoms with van der Waals surface area (Å²) in [5.74, 6) is 0.288. The van der Waals surface area contributed by atoms with E-state index in [-0.39, 0.29) is 11.8 Å². The van der Waals surface area contributed by atoms with Gasteiger partial charge in [-0.2, -0.15) is 4.31 Å². The molecule has 7 nitrogen and oxygen atoms in total. The van der Waals surface area contributed by atoms with E-state index in [1.54, 1.807) is 32.0 Å². The highest BCUT2D eigenvalue weighted by molar-refractivity contribution is 7.88. The van der Waals surface area contributed by atoms with Crippen LogP contribution in [0.1, 0.15) is 125 Å². The number of unbranched alkanes of at least 4 members (excludes halogenated alkanes) is 9. The van der Waals surface area contributed by atoms with Crippen LogP contribution in [-0.4, -0.2) is 54.7 Å². The van der Waals surface area contributed by atoms with E-state index >= 15 is 0 Å². The number of Topliss-reactive ketones (excluding diaryl/α,β-unsaturated/α-hetero) is 1. The van der Waals surface area contributed by atoms with Crippen LogP contribution in [0.2, 0.25) is 0 Å². The van der Waals surface area contributed by atoms with Gasteiger partial charge in [-0.3, -0.25) is 0 Å². The first-order valence-corrected chi connectivity index (χ1v) is 15.0. The SMILES string of the molecule is CC(=O)CCCCCCCCCCCCC1CCC(OC(=O)OC(C)(C)C)C(C)N1S(C)(=O)=O. The van der Waals surface area contributed by atoms with Gasteiger partial charge in [0.25, 0.3) is 0 Å². The molecule has 0 N–H and O–H groups in total. The van der Waals surface area contributed by atoms with Gasteiger partial charge in [0.15, 0.2) is 0 Å². The number of nitrogens with zero attached hydrogens (tertiary/aromatic N) is 1. The average Bonchev–Trinajstić information content (AvgIpc) is 2.68. The van der Waals surface area contributed by atoms with Crippen molar-refractivity contribution in [3.63, 3.8) is 0 Å². The molecule has 8 heteroatoms. The molecule has 1 heterocycles. The normalized spacial score (nSPS) is 21.9. The molecule has 0 bridgehead atoms. The predicted octanol–water partition coefficient (Wildman–Crippen LogP) is 6.39. The number of hydrogen-bond donors (Lipinski definition) is 0. The zero-order chi connectivity index (χ0) is 25.8. The topological polar surface area (TPSA) is 90.0 Å². The Labute approximate surface area is 208 Å². The summed E-state index contributed by atoms with van der Waals surface area (Å²) in [5, 5.41) is 0. The molecule has 0 aromatic rings. The summed E-state index contributed by atoms with van der Waals surface area (Å²) in [5.41, 5.74) is -0.648. The van der Waals surface area contributed by atoms with Crippen LogP contribution in [0, 0.1) is 0 Å². The Kier molecular flexibility index (Phi) is 13.7. The summed E-state index contributed by atoms with van der Waals surface area (Å²) < 4.78 is 37.4. The minimum absolute atomic E-state index is 0.0431. The molecular weight excluding hydrogens is 454 g/mol. The fourth-order valence-corrected chi connectivity index (χ4v) is 6.28. The molecule has 1 aliphatic heterocycles. The number of rotatable bonds is 15. The number of piperidine rings is 1. The first-order valence-electron chi connectivity index (χ1n) is 13.2. The molecule has 0 spiro atoms. The standard InChI is InChI=1S/C26H49NO6S/c1-21(28)17-15-13-11-9-7-8-10-12-14-16-18-23-19-20-24(22(2)27(23)34(6,30)31)32-25(29)33-26(3,4)5/h22-24H,7-20H2,1-6H3. The maximum atomic E-state index is 12.5. The molecular formula is C26H49NO6S. The van der Waals surface area contributed by atoms with E-state index in [1.807, 2.05) is 6.92 Å². The van der Waals surface area contributed by atoms with Crippen LogP contribution in [0.3, 0.4) is 0 Å². The highest BCUT2D eigenvalue weighted by Crippen LogP contribution is 2.31. The number of ether oxygens (including phenoxy) is 2. The Morgan fingerprint density at radius 3 is 1.85 bits per heavy atom. The van der Waals surface area contributed by atoms with Crippen molar-refractivity contribution in [3.8, 4) is 0 Å². The lowest BCUT2D eigenvalue weighted by atomic mass is 9.93. The molecule has 1 saturated heterocycles. The van der Waals surface area contributed by atoms with Crippen molar-refractivity contribution in [2.24, 2.45) is 0 Å². The molecule has 34 heavy (non-hydrogen) atoms. The number of hydrogen-bond acceptors (Lipinski definition) is 6. The van der Waals surface area contributed by atoms with Gasteiger partial charge < -0.3 is 14.3 Å². The summed E-state index contributed by atoms with van der Waals surface area (Å²) in [6.45, 7) is 8.80. The average molecular weight is 504 g/mol. The molecule has 0 aromatic carbocycles. The predicted molar refractivity (Wildman–Crippen MR) is 136 cm³/mol. The van der Waals surface area contributed by atoms with Crippen LogP contribution in [0.4, 0.5) is 4.79 Å². The van der Waals surface area contributed by atoms with Crippen molar-refractivity contribution in [2.75, 3.05) is 6.26 Å². The summed E-state index contributed by atoms with van der Waals surface area (Å²) in [7, 11) is -3.41. The molecule has 200 valence electrons. The molecule has 0 saturated carbocycles. The smallest absolute Gasteiger partial charge is 0.429 e. The Morgan fingerprint density at radius 1 is 0.882 bits per heavy atom. The molecule has 3 atom stereocenters. The van der Waals surface area contributed by atoms with Crippen LogP contribution in [0.25, 0.3) is 0 Å². The quantitative estimate of drug-likeness (QED) is 0.190. The highest BCUT2D eigenvalue weighted by atomic mass is 32.2. The van der Waals surface area contributed by atoms with Crippen LogP contribution in [0.15, 0.2) is 0 Å². The lowest BCUT2D eigenvalue weighted by Crippen LogP contribution is -2.55. The molecule has 0 aliphatic carbocycles. The van der Waals surface area contributed by atoms with E-state index in [4.69, 9.17) is 9.47 Å². The fourth-order valence-electron chi connectivity index (χ4n) is 4.79. The third-order valence-electron chi connectivity index (χ3n) is 6.42. The van der Waals surface area contributed by atoms with Crippen molar-refractivity contribution < 1.29 is 27.5 Å². The van der Waals surface area contributed by atoms with Crippen molar-refractivity contribution in [1.82, 2.24) is 4.31 Å². The second-order valence-corrected chi connectivity index (χ2v) is 12.8. The molecule has 0 aromatic heterocycles. The van der Waals surface area contributed by atoms with Gasteiger partial charge in [0.2, 0.25) is 10.0 Å².